The summed E-state index contributed by atoms with van der Waals surface area (Å²) in [6.07, 6.45) is 4.29. The molecule has 0 unspecified atom stereocenters. The summed E-state index contributed by atoms with van der Waals surface area (Å²) in [7, 11) is 0. The Hall–Kier alpha value is -1.20. The molecule has 0 spiro atoms. The van der Waals surface area contributed by atoms with Crippen molar-refractivity contribution in [2.75, 3.05) is 25.4 Å². The zero-order valence-corrected chi connectivity index (χ0v) is 9.06. The second-order valence-corrected chi connectivity index (χ2v) is 3.43. The molecule has 84 valence electrons. The van der Waals surface area contributed by atoms with Gasteiger partial charge < -0.3 is 10.8 Å². The molecule has 0 radical (unpaired) electrons. The van der Waals surface area contributed by atoms with Crippen LogP contribution in [-0.2, 0) is 6.54 Å². The summed E-state index contributed by atoms with van der Waals surface area (Å²) in [6, 6.07) is 0. The lowest BCUT2D eigenvalue weighted by Gasteiger charge is -2.19. The summed E-state index contributed by atoms with van der Waals surface area (Å²) >= 11 is 0. The largest absolute Gasteiger partial charge is 0.395 e. The fourth-order valence-electron chi connectivity index (χ4n) is 1.40. The van der Waals surface area contributed by atoms with Crippen molar-refractivity contribution in [3.63, 3.8) is 0 Å². The topological polar surface area (TPSA) is 75.3 Å². The highest BCUT2D eigenvalue weighted by molar-refractivity contribution is 5.22. The molecule has 0 atom stereocenters. The molecule has 0 saturated heterocycles. The molecule has 0 aliphatic carbocycles. The number of anilines is 1. The van der Waals surface area contributed by atoms with E-state index in [1.807, 2.05) is 0 Å². The van der Waals surface area contributed by atoms with E-state index in [4.69, 9.17) is 10.8 Å². The van der Waals surface area contributed by atoms with Crippen molar-refractivity contribution in [3.8, 4) is 0 Å². The lowest BCUT2D eigenvalue weighted by molar-refractivity contribution is 0.189. The van der Waals surface area contributed by atoms with Crippen molar-refractivity contribution < 1.29 is 5.11 Å². The summed E-state index contributed by atoms with van der Waals surface area (Å²) in [5.41, 5.74) is 6.33. The number of aliphatic hydroxyl groups excluding tert-OH is 1. The van der Waals surface area contributed by atoms with Gasteiger partial charge in [0.2, 0.25) is 0 Å². The van der Waals surface area contributed by atoms with Gasteiger partial charge in [-0.25, -0.2) is 4.98 Å². The van der Waals surface area contributed by atoms with Crippen molar-refractivity contribution in [1.82, 2.24) is 14.9 Å². The maximum absolute atomic E-state index is 8.89. The molecule has 0 bridgehead atoms. The number of hydrogen-bond donors (Lipinski definition) is 2. The third kappa shape index (κ3) is 4.22. The fourth-order valence-corrected chi connectivity index (χ4v) is 1.40. The number of nitrogen functional groups attached to an aromatic ring is 1. The highest BCUT2D eigenvalue weighted by atomic mass is 16.3. The first-order chi connectivity index (χ1) is 7.26. The van der Waals surface area contributed by atoms with Gasteiger partial charge in [0, 0.05) is 13.1 Å². The van der Waals surface area contributed by atoms with Crippen LogP contribution in [0.25, 0.3) is 0 Å². The van der Waals surface area contributed by atoms with Gasteiger partial charge in [-0.05, 0) is 13.0 Å². The van der Waals surface area contributed by atoms with Crippen molar-refractivity contribution in [1.29, 1.82) is 0 Å². The number of nitrogens with two attached hydrogens (primary N) is 1. The van der Waals surface area contributed by atoms with Crippen LogP contribution in [-0.4, -0.2) is 39.7 Å². The summed E-state index contributed by atoms with van der Waals surface area (Å²) in [6.45, 7) is 4.61. The van der Waals surface area contributed by atoms with E-state index in [0.29, 0.717) is 18.9 Å². The van der Waals surface area contributed by atoms with Gasteiger partial charge in [-0.2, -0.15) is 0 Å². The normalized spacial score (nSPS) is 10.9. The van der Waals surface area contributed by atoms with Crippen molar-refractivity contribution in [3.05, 3.63) is 18.1 Å². The molecule has 1 rings (SSSR count). The van der Waals surface area contributed by atoms with E-state index in [1.165, 1.54) is 0 Å². The third-order valence-electron chi connectivity index (χ3n) is 2.07. The van der Waals surface area contributed by atoms with E-state index in [9.17, 15) is 0 Å². The highest BCUT2D eigenvalue weighted by Crippen LogP contribution is 2.02. The average Bonchev–Trinajstić information content (AvgIpc) is 2.22. The van der Waals surface area contributed by atoms with Crippen LogP contribution in [0.2, 0.25) is 0 Å². The molecule has 0 aliphatic rings. The van der Waals surface area contributed by atoms with Gasteiger partial charge in [0.25, 0.3) is 0 Å². The van der Waals surface area contributed by atoms with E-state index in [1.54, 1.807) is 12.4 Å². The molecular weight excluding hydrogens is 192 g/mol. The summed E-state index contributed by atoms with van der Waals surface area (Å²) in [4.78, 5) is 10.3. The number of aliphatic hydroxyl groups is 1. The summed E-state index contributed by atoms with van der Waals surface area (Å²) in [5.74, 6) is 0.433. The van der Waals surface area contributed by atoms with Gasteiger partial charge in [0.05, 0.1) is 24.7 Å². The SMILES string of the molecule is CCCN(CCO)Cc1cnc(N)cn1. The smallest absolute Gasteiger partial charge is 0.141 e. The first-order valence-electron chi connectivity index (χ1n) is 5.16. The van der Waals surface area contributed by atoms with Crippen molar-refractivity contribution >= 4 is 5.82 Å². The lowest BCUT2D eigenvalue weighted by Crippen LogP contribution is -2.27. The predicted molar refractivity (Wildman–Crippen MR) is 59.1 cm³/mol. The van der Waals surface area contributed by atoms with Crippen molar-refractivity contribution in [2.45, 2.75) is 19.9 Å². The summed E-state index contributed by atoms with van der Waals surface area (Å²) < 4.78 is 0. The first-order valence-corrected chi connectivity index (χ1v) is 5.16. The van der Waals surface area contributed by atoms with Crippen LogP contribution in [0.1, 0.15) is 19.0 Å². The van der Waals surface area contributed by atoms with Gasteiger partial charge >= 0.3 is 0 Å². The molecular formula is C10H18N4O. The minimum atomic E-state index is 0.169. The van der Waals surface area contributed by atoms with Gasteiger partial charge in [0.1, 0.15) is 5.82 Å². The Morgan fingerprint density at radius 1 is 1.33 bits per heavy atom. The summed E-state index contributed by atoms with van der Waals surface area (Å²) in [5, 5.41) is 8.89. The molecule has 15 heavy (non-hydrogen) atoms. The molecule has 5 heteroatoms. The molecule has 1 aromatic heterocycles. The van der Waals surface area contributed by atoms with Crippen LogP contribution in [0.15, 0.2) is 12.4 Å². The van der Waals surface area contributed by atoms with Crippen molar-refractivity contribution in [2.24, 2.45) is 0 Å². The Kier molecular flexibility index (Phi) is 5.00. The zero-order chi connectivity index (χ0) is 11.1. The standard InChI is InChI=1S/C10H18N4O/c1-2-3-14(4-5-15)8-9-6-13-10(11)7-12-9/h6-7,15H,2-5,8H2,1H3,(H2,11,13). The van der Waals surface area contributed by atoms with Crippen LogP contribution < -0.4 is 5.73 Å². The second kappa shape index (κ2) is 6.31. The lowest BCUT2D eigenvalue weighted by atomic mass is 10.3. The molecule has 0 aliphatic heterocycles. The van der Waals surface area contributed by atoms with Crippen LogP contribution in [0, 0.1) is 0 Å². The molecule has 1 aromatic rings. The maximum atomic E-state index is 8.89. The highest BCUT2D eigenvalue weighted by Gasteiger charge is 2.05. The molecule has 0 amide bonds. The number of nitrogens with zero attached hydrogens (tertiary/aromatic N) is 3. The molecule has 0 aromatic carbocycles. The fraction of sp³-hybridized carbons (Fsp3) is 0.600. The van der Waals surface area contributed by atoms with Crippen LogP contribution in [0.4, 0.5) is 5.82 Å². The van der Waals surface area contributed by atoms with E-state index in [0.717, 1.165) is 18.7 Å². The monoisotopic (exact) mass is 210 g/mol. The number of aromatic nitrogens is 2. The van der Waals surface area contributed by atoms with E-state index < -0.39 is 0 Å². The minimum Gasteiger partial charge on any atom is -0.395 e. The number of hydrogen-bond acceptors (Lipinski definition) is 5. The molecule has 0 fully saturated rings. The molecule has 1 heterocycles. The second-order valence-electron chi connectivity index (χ2n) is 3.43. The Morgan fingerprint density at radius 3 is 2.67 bits per heavy atom. The zero-order valence-electron chi connectivity index (χ0n) is 9.06. The third-order valence-corrected chi connectivity index (χ3v) is 2.07. The van der Waals surface area contributed by atoms with E-state index in [-0.39, 0.29) is 6.61 Å². The van der Waals surface area contributed by atoms with Gasteiger partial charge in [-0.15, -0.1) is 0 Å². The van der Waals surface area contributed by atoms with E-state index >= 15 is 0 Å². The average molecular weight is 210 g/mol. The molecule has 3 N–H and O–H groups in total. The Balaban J connectivity index is 2.53. The van der Waals surface area contributed by atoms with Crippen LogP contribution in [0.5, 0.6) is 0 Å². The quantitative estimate of drug-likeness (QED) is 0.704. The van der Waals surface area contributed by atoms with Gasteiger partial charge in [0.15, 0.2) is 0 Å². The predicted octanol–water partition coefficient (Wildman–Crippen LogP) is 0.263. The minimum absolute atomic E-state index is 0.169. The molecule has 5 nitrogen and oxygen atoms in total. The number of rotatable bonds is 6. The Morgan fingerprint density at radius 2 is 2.13 bits per heavy atom. The maximum Gasteiger partial charge on any atom is 0.141 e. The Bertz CT molecular complexity index is 269. The van der Waals surface area contributed by atoms with E-state index in [2.05, 4.69) is 21.8 Å². The van der Waals surface area contributed by atoms with Crippen LogP contribution in [0.3, 0.4) is 0 Å². The van der Waals surface area contributed by atoms with Gasteiger partial charge in [-0.1, -0.05) is 6.92 Å². The first kappa shape index (κ1) is 11.9. The molecule has 0 saturated carbocycles. The van der Waals surface area contributed by atoms with Crippen LogP contribution >= 0.6 is 0 Å². The Labute approximate surface area is 90.0 Å². The van der Waals surface area contributed by atoms with Gasteiger partial charge in [-0.3, -0.25) is 9.88 Å².